The van der Waals surface area contributed by atoms with E-state index < -0.39 is 17.3 Å². The standard InChI is InChI=1S/C19H21BrF3N3O2/c1-18(2,3)28-17(27)26-8-6-25(7-9-26)16-14(20)11-12-10-13(19(21,22)23)4-5-15(12)24-16/h4-5,10-11H,6-9H2,1-3H3. The fourth-order valence-corrected chi connectivity index (χ4v) is 3.55. The average molecular weight is 460 g/mol. The van der Waals surface area contributed by atoms with Crippen LogP contribution in [-0.2, 0) is 10.9 Å². The summed E-state index contributed by atoms with van der Waals surface area (Å²) in [5.74, 6) is 0.649. The number of carbonyl (C=O) groups excluding carboxylic acids is 1. The summed E-state index contributed by atoms with van der Waals surface area (Å²) in [5.41, 5.74) is -0.764. The van der Waals surface area contributed by atoms with Crippen molar-refractivity contribution in [2.24, 2.45) is 0 Å². The van der Waals surface area contributed by atoms with E-state index in [-0.39, 0.29) is 6.09 Å². The maximum absolute atomic E-state index is 12.9. The van der Waals surface area contributed by atoms with E-state index in [0.717, 1.165) is 12.1 Å². The molecule has 5 nitrogen and oxygen atoms in total. The number of fused-ring (bicyclic) bond motifs is 1. The van der Waals surface area contributed by atoms with Crippen LogP contribution >= 0.6 is 15.9 Å². The van der Waals surface area contributed by atoms with Gasteiger partial charge in [-0.15, -0.1) is 0 Å². The van der Waals surface area contributed by atoms with Gasteiger partial charge in [0.1, 0.15) is 11.4 Å². The summed E-state index contributed by atoms with van der Waals surface area (Å²) in [4.78, 5) is 20.4. The van der Waals surface area contributed by atoms with Crippen molar-refractivity contribution in [3.8, 4) is 0 Å². The maximum atomic E-state index is 12.9. The molecule has 1 saturated heterocycles. The summed E-state index contributed by atoms with van der Waals surface area (Å²) in [6.45, 7) is 7.53. The van der Waals surface area contributed by atoms with E-state index in [9.17, 15) is 18.0 Å². The van der Waals surface area contributed by atoms with Gasteiger partial charge in [-0.05, 0) is 61.0 Å². The van der Waals surface area contributed by atoms with Gasteiger partial charge in [0.05, 0.1) is 15.6 Å². The number of ether oxygens (including phenoxy) is 1. The van der Waals surface area contributed by atoms with Crippen molar-refractivity contribution in [3.63, 3.8) is 0 Å². The molecule has 0 N–H and O–H groups in total. The van der Waals surface area contributed by atoms with Crippen LogP contribution in [0.2, 0.25) is 0 Å². The van der Waals surface area contributed by atoms with Gasteiger partial charge in [-0.3, -0.25) is 0 Å². The molecule has 0 aliphatic carbocycles. The second-order valence-electron chi connectivity index (χ2n) is 7.65. The molecule has 1 aromatic carbocycles. The van der Waals surface area contributed by atoms with E-state index in [2.05, 4.69) is 20.9 Å². The van der Waals surface area contributed by atoms with Gasteiger partial charge in [0.2, 0.25) is 0 Å². The summed E-state index contributed by atoms with van der Waals surface area (Å²) in [6, 6.07) is 5.16. The third-order valence-electron chi connectivity index (χ3n) is 4.31. The normalized spacial score (nSPS) is 15.8. The van der Waals surface area contributed by atoms with Gasteiger partial charge in [-0.2, -0.15) is 13.2 Å². The summed E-state index contributed by atoms with van der Waals surface area (Å²) in [6.07, 6.45) is -4.74. The molecular formula is C19H21BrF3N3O2. The number of piperazine rings is 1. The van der Waals surface area contributed by atoms with Crippen molar-refractivity contribution in [1.29, 1.82) is 0 Å². The van der Waals surface area contributed by atoms with Gasteiger partial charge >= 0.3 is 12.3 Å². The largest absolute Gasteiger partial charge is 0.444 e. The third kappa shape index (κ3) is 4.68. The Kier molecular flexibility index (Phi) is 5.49. The zero-order valence-electron chi connectivity index (χ0n) is 15.8. The van der Waals surface area contributed by atoms with Crippen LogP contribution in [0.4, 0.5) is 23.8 Å². The first-order valence-electron chi connectivity index (χ1n) is 8.84. The Morgan fingerprint density at radius 1 is 1.11 bits per heavy atom. The minimum absolute atomic E-state index is 0.350. The lowest BCUT2D eigenvalue weighted by Gasteiger charge is -2.36. The Balaban J connectivity index is 1.76. The second kappa shape index (κ2) is 7.42. The number of aromatic nitrogens is 1. The molecule has 2 aromatic rings. The van der Waals surface area contributed by atoms with Crippen LogP contribution in [-0.4, -0.2) is 47.8 Å². The monoisotopic (exact) mass is 459 g/mol. The minimum atomic E-state index is -4.39. The molecule has 0 radical (unpaired) electrons. The first kappa shape index (κ1) is 20.7. The van der Waals surface area contributed by atoms with Crippen LogP contribution < -0.4 is 4.90 Å². The SMILES string of the molecule is CC(C)(C)OC(=O)N1CCN(c2nc3ccc(C(F)(F)F)cc3cc2Br)CC1. The highest BCUT2D eigenvalue weighted by atomic mass is 79.9. The van der Waals surface area contributed by atoms with E-state index in [4.69, 9.17) is 4.74 Å². The smallest absolute Gasteiger partial charge is 0.416 e. The molecule has 152 valence electrons. The number of amides is 1. The molecule has 0 spiro atoms. The molecule has 1 amide bonds. The van der Waals surface area contributed by atoms with Gasteiger partial charge < -0.3 is 14.5 Å². The topological polar surface area (TPSA) is 45.7 Å². The van der Waals surface area contributed by atoms with Crippen LogP contribution in [0.1, 0.15) is 26.3 Å². The zero-order chi connectivity index (χ0) is 20.7. The Labute approximate surface area is 169 Å². The molecule has 1 fully saturated rings. The third-order valence-corrected chi connectivity index (χ3v) is 4.89. The fraction of sp³-hybridized carbons (Fsp3) is 0.474. The number of pyridine rings is 1. The van der Waals surface area contributed by atoms with Gasteiger partial charge in [0.25, 0.3) is 0 Å². The fourth-order valence-electron chi connectivity index (χ4n) is 2.97. The predicted octanol–water partition coefficient (Wildman–Crippen LogP) is 5.07. The van der Waals surface area contributed by atoms with Gasteiger partial charge in [-0.25, -0.2) is 9.78 Å². The molecule has 1 aliphatic heterocycles. The molecule has 1 aliphatic rings. The summed E-state index contributed by atoms with van der Waals surface area (Å²) < 4.78 is 44.7. The summed E-state index contributed by atoms with van der Waals surface area (Å²) in [7, 11) is 0. The van der Waals surface area contributed by atoms with Crippen LogP contribution in [0.3, 0.4) is 0 Å². The number of alkyl halides is 3. The number of rotatable bonds is 1. The zero-order valence-corrected chi connectivity index (χ0v) is 17.4. The number of carbonyl (C=O) groups is 1. The van der Waals surface area contributed by atoms with Crippen LogP contribution in [0, 0.1) is 0 Å². The van der Waals surface area contributed by atoms with E-state index in [1.807, 2.05) is 25.7 Å². The number of halogens is 4. The van der Waals surface area contributed by atoms with Crippen molar-refractivity contribution in [2.45, 2.75) is 32.5 Å². The highest BCUT2D eigenvalue weighted by Crippen LogP contribution is 2.34. The van der Waals surface area contributed by atoms with Crippen molar-refractivity contribution in [1.82, 2.24) is 9.88 Å². The molecule has 28 heavy (non-hydrogen) atoms. The minimum Gasteiger partial charge on any atom is -0.444 e. The average Bonchev–Trinajstić information content (AvgIpc) is 2.58. The van der Waals surface area contributed by atoms with E-state index in [1.54, 1.807) is 11.0 Å². The Hall–Kier alpha value is -2.03. The Morgan fingerprint density at radius 3 is 2.32 bits per heavy atom. The lowest BCUT2D eigenvalue weighted by molar-refractivity contribution is -0.137. The molecule has 0 bridgehead atoms. The van der Waals surface area contributed by atoms with Crippen molar-refractivity contribution in [2.75, 3.05) is 31.1 Å². The van der Waals surface area contributed by atoms with Crippen LogP contribution in [0.5, 0.6) is 0 Å². The quantitative estimate of drug-likeness (QED) is 0.596. The molecule has 0 unspecified atom stereocenters. The Morgan fingerprint density at radius 2 is 1.75 bits per heavy atom. The first-order chi connectivity index (χ1) is 12.9. The summed E-state index contributed by atoms with van der Waals surface area (Å²) in [5, 5.41) is 0.415. The van der Waals surface area contributed by atoms with E-state index >= 15 is 0 Å². The van der Waals surface area contributed by atoms with Crippen LogP contribution in [0.15, 0.2) is 28.7 Å². The van der Waals surface area contributed by atoms with Gasteiger partial charge in [-0.1, -0.05) is 0 Å². The molecular weight excluding hydrogens is 439 g/mol. The van der Waals surface area contributed by atoms with Gasteiger partial charge in [0.15, 0.2) is 0 Å². The van der Waals surface area contributed by atoms with E-state index in [0.29, 0.717) is 47.4 Å². The number of benzene rings is 1. The lowest BCUT2D eigenvalue weighted by atomic mass is 10.1. The van der Waals surface area contributed by atoms with E-state index in [1.165, 1.54) is 6.07 Å². The molecule has 9 heteroatoms. The molecule has 0 saturated carbocycles. The molecule has 0 atom stereocenters. The number of hydrogen-bond donors (Lipinski definition) is 0. The highest BCUT2D eigenvalue weighted by Gasteiger charge is 2.31. The molecule has 1 aromatic heterocycles. The lowest BCUT2D eigenvalue weighted by Crippen LogP contribution is -2.50. The molecule has 2 heterocycles. The van der Waals surface area contributed by atoms with Crippen molar-refractivity contribution in [3.05, 3.63) is 34.3 Å². The first-order valence-corrected chi connectivity index (χ1v) is 9.64. The highest BCUT2D eigenvalue weighted by molar-refractivity contribution is 9.10. The number of anilines is 1. The van der Waals surface area contributed by atoms with Crippen molar-refractivity contribution < 1.29 is 22.7 Å². The van der Waals surface area contributed by atoms with Crippen molar-refractivity contribution >= 4 is 38.7 Å². The van der Waals surface area contributed by atoms with Crippen LogP contribution in [0.25, 0.3) is 10.9 Å². The number of hydrogen-bond acceptors (Lipinski definition) is 4. The summed E-state index contributed by atoms with van der Waals surface area (Å²) >= 11 is 3.42. The maximum Gasteiger partial charge on any atom is 0.416 e. The number of nitrogens with zero attached hydrogens (tertiary/aromatic N) is 3. The second-order valence-corrected chi connectivity index (χ2v) is 8.51. The predicted molar refractivity (Wildman–Crippen MR) is 104 cm³/mol. The van der Waals surface area contributed by atoms with Gasteiger partial charge in [0, 0.05) is 31.6 Å². The Bertz CT molecular complexity index is 888. The molecule has 3 rings (SSSR count).